The second-order valence-electron chi connectivity index (χ2n) is 3.78. The number of benzene rings is 1. The van der Waals surface area contributed by atoms with Crippen molar-refractivity contribution >= 4 is 51.9 Å². The fourth-order valence-corrected chi connectivity index (χ4v) is 2.18. The first-order chi connectivity index (χ1) is 8.81. The molecule has 6 nitrogen and oxygen atoms in total. The molecule has 1 aromatic rings. The number of urea groups is 1. The van der Waals surface area contributed by atoms with E-state index in [0.29, 0.717) is 10.7 Å². The summed E-state index contributed by atoms with van der Waals surface area (Å²) in [6, 6.07) is 2.85. The summed E-state index contributed by atoms with van der Waals surface area (Å²) in [5.41, 5.74) is 0.356. The van der Waals surface area contributed by atoms with Crippen LogP contribution in [0.15, 0.2) is 18.2 Å². The van der Waals surface area contributed by atoms with Crippen LogP contribution in [-0.4, -0.2) is 34.4 Å². The molecule has 0 aliphatic rings. The molecule has 8 heteroatoms. The van der Waals surface area contributed by atoms with Crippen LogP contribution in [0.1, 0.15) is 6.92 Å². The summed E-state index contributed by atoms with van der Waals surface area (Å²) in [4.78, 5) is 22.4. The Labute approximate surface area is 128 Å². The Morgan fingerprint density at radius 1 is 1.42 bits per heavy atom. The number of nitrogens with one attached hydrogen (secondary N) is 2. The molecule has 2 atom stereocenters. The molecule has 0 spiro atoms. The number of hydrogen-bond donors (Lipinski definition) is 4. The van der Waals surface area contributed by atoms with Crippen molar-refractivity contribution in [3.8, 4) is 0 Å². The number of aliphatic carboxylic acids is 1. The minimum atomic E-state index is -1.39. The van der Waals surface area contributed by atoms with Gasteiger partial charge < -0.3 is 20.8 Å². The highest BCUT2D eigenvalue weighted by molar-refractivity contribution is 14.1. The summed E-state index contributed by atoms with van der Waals surface area (Å²) < 4.78 is 0.904. The molecule has 0 saturated heterocycles. The van der Waals surface area contributed by atoms with Gasteiger partial charge in [0.05, 0.1) is 16.8 Å². The van der Waals surface area contributed by atoms with Crippen molar-refractivity contribution in [2.75, 3.05) is 5.32 Å². The van der Waals surface area contributed by atoms with Gasteiger partial charge in [-0.25, -0.2) is 9.59 Å². The van der Waals surface area contributed by atoms with Crippen LogP contribution in [0, 0.1) is 3.57 Å². The van der Waals surface area contributed by atoms with Crippen LogP contribution >= 0.6 is 34.2 Å². The number of halogens is 2. The normalized spacial score (nSPS) is 13.5. The number of carboxylic acids is 1. The van der Waals surface area contributed by atoms with Gasteiger partial charge in [0.25, 0.3) is 0 Å². The Morgan fingerprint density at radius 3 is 2.53 bits per heavy atom. The van der Waals surface area contributed by atoms with Crippen LogP contribution < -0.4 is 10.6 Å². The second kappa shape index (κ2) is 6.92. The van der Waals surface area contributed by atoms with Crippen molar-refractivity contribution in [2.24, 2.45) is 0 Å². The fraction of sp³-hybridized carbons (Fsp3) is 0.273. The van der Waals surface area contributed by atoms with E-state index in [0.717, 1.165) is 3.57 Å². The minimum Gasteiger partial charge on any atom is -0.480 e. The Kier molecular flexibility index (Phi) is 5.83. The predicted octanol–water partition coefficient (Wildman–Crippen LogP) is 1.90. The maximum Gasteiger partial charge on any atom is 0.328 e. The standard InChI is InChI=1S/C11H12ClIN2O4/c1-5(16)9(10(17)18)15-11(19)14-8-3-2-6(13)4-7(8)12/h2-5,9,16H,1H3,(H,17,18)(H2,14,15,19)/t5-,9+/m1/s1. The van der Waals surface area contributed by atoms with Gasteiger partial charge in [-0.2, -0.15) is 0 Å². The molecule has 2 amide bonds. The number of hydrogen-bond acceptors (Lipinski definition) is 3. The molecule has 0 bridgehead atoms. The first-order valence-electron chi connectivity index (χ1n) is 5.24. The van der Waals surface area contributed by atoms with Gasteiger partial charge in [-0.3, -0.25) is 0 Å². The maximum atomic E-state index is 11.6. The zero-order valence-corrected chi connectivity index (χ0v) is 12.8. The molecule has 0 unspecified atom stereocenters. The van der Waals surface area contributed by atoms with E-state index in [2.05, 4.69) is 33.2 Å². The van der Waals surface area contributed by atoms with Crippen molar-refractivity contribution in [3.05, 3.63) is 26.8 Å². The summed E-state index contributed by atoms with van der Waals surface area (Å²) in [7, 11) is 0. The summed E-state index contributed by atoms with van der Waals surface area (Å²) in [6.45, 7) is 1.27. The van der Waals surface area contributed by atoms with E-state index >= 15 is 0 Å². The largest absolute Gasteiger partial charge is 0.480 e. The van der Waals surface area contributed by atoms with Crippen LogP contribution in [0.5, 0.6) is 0 Å². The molecule has 4 N–H and O–H groups in total. The van der Waals surface area contributed by atoms with E-state index in [4.69, 9.17) is 16.7 Å². The SMILES string of the molecule is C[C@@H](O)[C@H](NC(=O)Nc1ccc(I)cc1Cl)C(=O)O. The van der Waals surface area contributed by atoms with E-state index in [-0.39, 0.29) is 0 Å². The van der Waals surface area contributed by atoms with Crippen LogP contribution in [0.25, 0.3) is 0 Å². The lowest BCUT2D eigenvalue weighted by Gasteiger charge is -2.17. The monoisotopic (exact) mass is 398 g/mol. The van der Waals surface area contributed by atoms with Crippen molar-refractivity contribution in [3.63, 3.8) is 0 Å². The highest BCUT2D eigenvalue weighted by Gasteiger charge is 2.25. The first-order valence-corrected chi connectivity index (χ1v) is 6.70. The molecule has 0 heterocycles. The summed E-state index contributed by atoms with van der Waals surface area (Å²) in [5, 5.41) is 23.0. The maximum absolute atomic E-state index is 11.6. The Morgan fingerprint density at radius 2 is 2.05 bits per heavy atom. The molecule has 1 aromatic carbocycles. The van der Waals surface area contributed by atoms with Crippen LogP contribution in [0.3, 0.4) is 0 Å². The van der Waals surface area contributed by atoms with Gasteiger partial charge in [-0.05, 0) is 47.7 Å². The minimum absolute atomic E-state index is 0.339. The molecule has 0 aromatic heterocycles. The lowest BCUT2D eigenvalue weighted by Crippen LogP contribution is -2.49. The van der Waals surface area contributed by atoms with Gasteiger partial charge in [0.2, 0.25) is 0 Å². The predicted molar refractivity (Wildman–Crippen MR) is 79.4 cm³/mol. The van der Waals surface area contributed by atoms with Gasteiger partial charge in [0.1, 0.15) is 0 Å². The van der Waals surface area contributed by atoms with Gasteiger partial charge in [0, 0.05) is 3.57 Å². The summed E-state index contributed by atoms with van der Waals surface area (Å²) in [5.74, 6) is -1.32. The van der Waals surface area contributed by atoms with Gasteiger partial charge in [-0.15, -0.1) is 0 Å². The first kappa shape index (κ1) is 16.0. The number of rotatable bonds is 4. The smallest absolute Gasteiger partial charge is 0.328 e. The van der Waals surface area contributed by atoms with Crippen molar-refractivity contribution in [1.82, 2.24) is 5.32 Å². The Balaban J connectivity index is 2.72. The number of anilines is 1. The average Bonchev–Trinajstić information content (AvgIpc) is 2.29. The van der Waals surface area contributed by atoms with E-state index in [1.165, 1.54) is 6.92 Å². The molecule has 0 radical (unpaired) electrons. The van der Waals surface area contributed by atoms with Gasteiger partial charge in [-0.1, -0.05) is 11.6 Å². The van der Waals surface area contributed by atoms with Crippen LogP contribution in [-0.2, 0) is 4.79 Å². The molecule has 0 saturated carbocycles. The van der Waals surface area contributed by atoms with Crippen LogP contribution in [0.4, 0.5) is 10.5 Å². The average molecular weight is 399 g/mol. The number of carboxylic acid groups (broad SMARTS) is 1. The van der Waals surface area contributed by atoms with E-state index in [1.54, 1.807) is 18.2 Å². The molecular formula is C11H12ClIN2O4. The highest BCUT2D eigenvalue weighted by atomic mass is 127. The number of aliphatic hydroxyl groups excluding tert-OH is 1. The fourth-order valence-electron chi connectivity index (χ4n) is 1.28. The topological polar surface area (TPSA) is 98.7 Å². The number of carbonyl (C=O) groups excluding carboxylic acids is 1. The van der Waals surface area contributed by atoms with Crippen LogP contribution in [0.2, 0.25) is 5.02 Å². The van der Waals surface area contributed by atoms with Crippen molar-refractivity contribution < 1.29 is 19.8 Å². The molecular weight excluding hydrogens is 386 g/mol. The third-order valence-corrected chi connectivity index (χ3v) is 3.20. The van der Waals surface area contributed by atoms with Gasteiger partial charge in [0.15, 0.2) is 6.04 Å². The molecule has 0 fully saturated rings. The zero-order chi connectivity index (χ0) is 14.6. The highest BCUT2D eigenvalue weighted by Crippen LogP contribution is 2.23. The third-order valence-electron chi connectivity index (χ3n) is 2.21. The molecule has 104 valence electrons. The summed E-state index contributed by atoms with van der Waals surface area (Å²) in [6.07, 6.45) is -1.21. The number of carbonyl (C=O) groups is 2. The van der Waals surface area contributed by atoms with Gasteiger partial charge >= 0.3 is 12.0 Å². The van der Waals surface area contributed by atoms with E-state index in [1.807, 2.05) is 0 Å². The Hall–Kier alpha value is -1.06. The Bertz CT molecular complexity index is 496. The van der Waals surface area contributed by atoms with Crippen molar-refractivity contribution in [1.29, 1.82) is 0 Å². The molecule has 1 rings (SSSR count). The quantitative estimate of drug-likeness (QED) is 0.582. The van der Waals surface area contributed by atoms with E-state index < -0.39 is 24.1 Å². The van der Waals surface area contributed by atoms with Crippen molar-refractivity contribution in [2.45, 2.75) is 19.1 Å². The lowest BCUT2D eigenvalue weighted by atomic mass is 10.2. The molecule has 19 heavy (non-hydrogen) atoms. The molecule has 0 aliphatic carbocycles. The second-order valence-corrected chi connectivity index (χ2v) is 5.43. The van der Waals surface area contributed by atoms with E-state index in [9.17, 15) is 14.7 Å². The number of amides is 2. The lowest BCUT2D eigenvalue weighted by molar-refractivity contribution is -0.141. The zero-order valence-electron chi connectivity index (χ0n) is 9.85. The molecule has 0 aliphatic heterocycles. The number of aliphatic hydroxyl groups is 1. The summed E-state index contributed by atoms with van der Waals surface area (Å²) >= 11 is 7.99. The third kappa shape index (κ3) is 4.84.